The predicted octanol–water partition coefficient (Wildman–Crippen LogP) is 3.77. The minimum atomic E-state index is -0.128. The monoisotopic (exact) mass is 303 g/mol. The van der Waals surface area contributed by atoms with Gasteiger partial charge in [0.05, 0.1) is 5.69 Å². The highest BCUT2D eigenvalue weighted by molar-refractivity contribution is 7.99. The van der Waals surface area contributed by atoms with Gasteiger partial charge in [-0.25, -0.2) is 4.98 Å². The van der Waals surface area contributed by atoms with Gasteiger partial charge >= 0.3 is 0 Å². The number of benzene rings is 1. The lowest BCUT2D eigenvalue weighted by Crippen LogP contribution is -2.12. The van der Waals surface area contributed by atoms with E-state index >= 15 is 0 Å². The van der Waals surface area contributed by atoms with Crippen molar-refractivity contribution in [3.63, 3.8) is 0 Å². The molecule has 0 unspecified atom stereocenters. The summed E-state index contributed by atoms with van der Waals surface area (Å²) >= 11 is 1.77. The molecule has 1 aromatic heterocycles. The molecular formula is C16H21N3OS. The summed E-state index contributed by atoms with van der Waals surface area (Å²) in [6.45, 7) is 8.35. The summed E-state index contributed by atoms with van der Waals surface area (Å²) in [4.78, 5) is 18.9. The first-order valence-electron chi connectivity index (χ1n) is 6.99. The Balaban J connectivity index is 2.21. The van der Waals surface area contributed by atoms with E-state index in [0.29, 0.717) is 11.2 Å². The molecule has 0 bridgehead atoms. The number of hydrogen-bond acceptors (Lipinski definition) is 4. The van der Waals surface area contributed by atoms with Crippen LogP contribution >= 0.6 is 11.8 Å². The molecule has 1 heterocycles. The molecule has 21 heavy (non-hydrogen) atoms. The number of thioether (sulfide) groups is 1. The molecular weight excluding hydrogens is 282 g/mol. The largest absolute Gasteiger partial charge is 0.326 e. The van der Waals surface area contributed by atoms with Crippen molar-refractivity contribution < 1.29 is 0 Å². The maximum Gasteiger partial charge on any atom is 0.252 e. The zero-order valence-electron chi connectivity index (χ0n) is 12.9. The van der Waals surface area contributed by atoms with Crippen LogP contribution in [0.15, 0.2) is 29.1 Å². The number of nitrogens with one attached hydrogen (secondary N) is 2. The van der Waals surface area contributed by atoms with E-state index in [1.807, 2.05) is 26.0 Å². The Labute approximate surface area is 129 Å². The van der Waals surface area contributed by atoms with Crippen molar-refractivity contribution in [2.75, 3.05) is 5.32 Å². The minimum absolute atomic E-state index is 0.128. The third kappa shape index (κ3) is 4.93. The molecule has 0 aliphatic heterocycles. The molecule has 1 aromatic carbocycles. The fourth-order valence-electron chi connectivity index (χ4n) is 2.08. The number of hydrogen-bond donors (Lipinski definition) is 2. The average Bonchev–Trinajstić information content (AvgIpc) is 2.34. The predicted molar refractivity (Wildman–Crippen MR) is 90.5 cm³/mol. The molecule has 0 aliphatic rings. The molecule has 0 amide bonds. The lowest BCUT2D eigenvalue weighted by Gasteiger charge is -2.09. The topological polar surface area (TPSA) is 57.8 Å². The summed E-state index contributed by atoms with van der Waals surface area (Å²) in [7, 11) is 0. The Bertz CT molecular complexity index is 659. The van der Waals surface area contributed by atoms with Crippen LogP contribution in [0.1, 0.15) is 30.7 Å². The van der Waals surface area contributed by atoms with Crippen LogP contribution in [0, 0.1) is 13.8 Å². The van der Waals surface area contributed by atoms with Crippen molar-refractivity contribution in [2.24, 2.45) is 0 Å². The zero-order valence-corrected chi connectivity index (χ0v) is 13.7. The van der Waals surface area contributed by atoms with Crippen LogP contribution in [0.2, 0.25) is 0 Å². The van der Waals surface area contributed by atoms with E-state index in [2.05, 4.69) is 35.2 Å². The third-order valence-electron chi connectivity index (χ3n) is 2.84. The summed E-state index contributed by atoms with van der Waals surface area (Å²) in [6.07, 6.45) is 0. The number of aryl methyl sites for hydroxylation is 2. The molecule has 0 saturated carbocycles. The number of aromatic nitrogens is 2. The molecule has 2 aromatic rings. The smallest absolute Gasteiger partial charge is 0.252 e. The van der Waals surface area contributed by atoms with Gasteiger partial charge in [-0.3, -0.25) is 9.78 Å². The van der Waals surface area contributed by atoms with E-state index in [1.165, 1.54) is 11.1 Å². The second-order valence-electron chi connectivity index (χ2n) is 5.45. The number of rotatable bonds is 5. The van der Waals surface area contributed by atoms with Crippen LogP contribution < -0.4 is 10.9 Å². The highest BCUT2D eigenvalue weighted by Gasteiger charge is 2.04. The second kappa shape index (κ2) is 6.80. The summed E-state index contributed by atoms with van der Waals surface area (Å²) in [5, 5.41) is 3.69. The Morgan fingerprint density at radius 2 is 1.86 bits per heavy atom. The second-order valence-corrected chi connectivity index (χ2v) is 7.01. The molecule has 0 saturated heterocycles. The third-order valence-corrected chi connectivity index (χ3v) is 3.97. The van der Waals surface area contributed by atoms with E-state index in [0.717, 1.165) is 17.1 Å². The highest BCUT2D eigenvalue weighted by Crippen LogP contribution is 2.18. The molecule has 112 valence electrons. The molecule has 0 fully saturated rings. The summed E-state index contributed by atoms with van der Waals surface area (Å²) < 4.78 is 0. The van der Waals surface area contributed by atoms with Crippen LogP contribution in [0.25, 0.3) is 0 Å². The molecule has 0 atom stereocenters. The van der Waals surface area contributed by atoms with Gasteiger partial charge in [-0.05, 0) is 42.4 Å². The van der Waals surface area contributed by atoms with Gasteiger partial charge in [-0.2, -0.15) is 11.8 Å². The summed E-state index contributed by atoms with van der Waals surface area (Å²) in [5.74, 6) is 1.23. The van der Waals surface area contributed by atoms with Crippen molar-refractivity contribution in [3.05, 3.63) is 51.4 Å². The van der Waals surface area contributed by atoms with Gasteiger partial charge in [0, 0.05) is 17.5 Å². The molecule has 5 heteroatoms. The number of nitrogens with zero attached hydrogens (tertiary/aromatic N) is 1. The molecule has 0 radical (unpaired) electrons. The van der Waals surface area contributed by atoms with Crippen molar-refractivity contribution >= 4 is 23.4 Å². The maximum absolute atomic E-state index is 11.7. The number of anilines is 2. The first-order valence-corrected chi connectivity index (χ1v) is 8.04. The Kier molecular flexibility index (Phi) is 5.07. The normalized spacial score (nSPS) is 10.9. The zero-order chi connectivity index (χ0) is 15.4. The Morgan fingerprint density at radius 3 is 2.48 bits per heavy atom. The van der Waals surface area contributed by atoms with Gasteiger partial charge in [0.1, 0.15) is 0 Å². The lowest BCUT2D eigenvalue weighted by molar-refractivity contribution is 1.05. The first kappa shape index (κ1) is 15.6. The van der Waals surface area contributed by atoms with Gasteiger partial charge < -0.3 is 5.32 Å². The van der Waals surface area contributed by atoms with E-state index in [1.54, 1.807) is 17.8 Å². The fraction of sp³-hybridized carbons (Fsp3) is 0.375. The van der Waals surface area contributed by atoms with E-state index < -0.39 is 0 Å². The van der Waals surface area contributed by atoms with Crippen molar-refractivity contribution in [1.29, 1.82) is 0 Å². The highest BCUT2D eigenvalue weighted by atomic mass is 32.2. The van der Waals surface area contributed by atoms with E-state index in [-0.39, 0.29) is 5.56 Å². The van der Waals surface area contributed by atoms with Crippen LogP contribution in [0.3, 0.4) is 0 Å². The number of H-pyrrole nitrogens is 1. The van der Waals surface area contributed by atoms with Crippen molar-refractivity contribution in [2.45, 2.75) is 38.7 Å². The average molecular weight is 303 g/mol. The fourth-order valence-corrected chi connectivity index (χ4v) is 2.73. The van der Waals surface area contributed by atoms with Gasteiger partial charge in [-0.15, -0.1) is 0 Å². The Hall–Kier alpha value is -1.75. The van der Waals surface area contributed by atoms with Gasteiger partial charge in [0.15, 0.2) is 0 Å². The molecule has 2 rings (SSSR count). The van der Waals surface area contributed by atoms with Crippen LogP contribution in [0.5, 0.6) is 0 Å². The summed E-state index contributed by atoms with van der Waals surface area (Å²) in [6, 6.07) is 7.73. The van der Waals surface area contributed by atoms with E-state index in [9.17, 15) is 4.79 Å². The minimum Gasteiger partial charge on any atom is -0.326 e. The standard InChI is InChI=1S/C16H21N3OS/c1-10(2)21-9-14-8-15(20)19-16(18-14)17-13-6-11(3)5-12(4)7-13/h5-8,10H,9H2,1-4H3,(H2,17,18,19,20). The van der Waals surface area contributed by atoms with Crippen LogP contribution in [-0.2, 0) is 5.75 Å². The van der Waals surface area contributed by atoms with Gasteiger partial charge in [0.25, 0.3) is 5.56 Å². The first-order chi connectivity index (χ1) is 9.92. The van der Waals surface area contributed by atoms with Crippen LogP contribution in [0.4, 0.5) is 11.6 Å². The molecule has 0 aliphatic carbocycles. The van der Waals surface area contributed by atoms with Gasteiger partial charge in [0.2, 0.25) is 5.95 Å². The lowest BCUT2D eigenvalue weighted by atomic mass is 10.1. The van der Waals surface area contributed by atoms with Crippen LogP contribution in [-0.4, -0.2) is 15.2 Å². The Morgan fingerprint density at radius 1 is 1.19 bits per heavy atom. The van der Waals surface area contributed by atoms with Gasteiger partial charge in [-0.1, -0.05) is 19.9 Å². The van der Waals surface area contributed by atoms with E-state index in [4.69, 9.17) is 0 Å². The van der Waals surface area contributed by atoms with Crippen molar-refractivity contribution in [3.8, 4) is 0 Å². The number of aromatic amines is 1. The summed E-state index contributed by atoms with van der Waals surface area (Å²) in [5.41, 5.74) is 3.95. The molecule has 0 spiro atoms. The van der Waals surface area contributed by atoms with Crippen molar-refractivity contribution in [1.82, 2.24) is 9.97 Å². The quantitative estimate of drug-likeness (QED) is 0.882. The SMILES string of the molecule is Cc1cc(C)cc(Nc2nc(CSC(C)C)cc(=O)[nH]2)c1. The molecule has 4 nitrogen and oxygen atoms in total. The molecule has 2 N–H and O–H groups in total. The maximum atomic E-state index is 11.7.